The molecule has 3 nitrogen and oxygen atoms in total. The number of carboxylic acid groups (broad SMARTS) is 1. The Kier molecular flexibility index (Phi) is 3.84. The monoisotopic (exact) mass is 291 g/mol. The zero-order valence-electron chi connectivity index (χ0n) is 12.2. The lowest BCUT2D eigenvalue weighted by Gasteiger charge is -2.23. The van der Waals surface area contributed by atoms with Gasteiger partial charge in [0.25, 0.3) is 0 Å². The lowest BCUT2D eigenvalue weighted by Crippen LogP contribution is -2.34. The quantitative estimate of drug-likeness (QED) is 0.870. The number of amides is 1. The van der Waals surface area contributed by atoms with Gasteiger partial charge in [0.1, 0.15) is 0 Å². The molecule has 0 heterocycles. The van der Waals surface area contributed by atoms with Gasteiger partial charge in [-0.3, -0.25) is 0 Å². The molecule has 0 saturated carbocycles. The van der Waals surface area contributed by atoms with Crippen LogP contribution in [0.15, 0.2) is 48.5 Å². The summed E-state index contributed by atoms with van der Waals surface area (Å²) in [6.07, 6.45) is 4.78. The van der Waals surface area contributed by atoms with E-state index >= 15 is 0 Å². The highest BCUT2D eigenvalue weighted by Gasteiger charge is 2.30. The van der Waals surface area contributed by atoms with Crippen LogP contribution in [0, 0.1) is 12.3 Å². The number of benzene rings is 2. The third kappa shape index (κ3) is 2.44. The van der Waals surface area contributed by atoms with Crippen molar-refractivity contribution in [2.45, 2.75) is 12.3 Å². The predicted octanol–water partition coefficient (Wildman–Crippen LogP) is 3.80. The Morgan fingerprint density at radius 1 is 1.09 bits per heavy atom. The van der Waals surface area contributed by atoms with Crippen LogP contribution in [0.2, 0.25) is 0 Å². The predicted molar refractivity (Wildman–Crippen MR) is 86.8 cm³/mol. The molecule has 0 aromatic heterocycles. The van der Waals surface area contributed by atoms with E-state index in [-0.39, 0.29) is 5.92 Å². The number of carbonyl (C=O) groups is 1. The van der Waals surface area contributed by atoms with Crippen molar-refractivity contribution in [3.05, 3.63) is 59.7 Å². The molecule has 3 rings (SSSR count). The lowest BCUT2D eigenvalue weighted by molar-refractivity contribution is 0.145. The largest absolute Gasteiger partial charge is 0.465 e. The molecular formula is C19H17NO2. The number of rotatable bonds is 4. The summed E-state index contributed by atoms with van der Waals surface area (Å²) in [5.74, 6) is 2.58. The fourth-order valence-corrected chi connectivity index (χ4v) is 3.14. The van der Waals surface area contributed by atoms with E-state index in [9.17, 15) is 9.90 Å². The zero-order chi connectivity index (χ0) is 15.5. The molecule has 0 radical (unpaired) electrons. The number of hydrogen-bond donors (Lipinski definition) is 1. The van der Waals surface area contributed by atoms with Crippen molar-refractivity contribution in [3.63, 3.8) is 0 Å². The summed E-state index contributed by atoms with van der Waals surface area (Å²) in [7, 11) is 0. The van der Waals surface area contributed by atoms with E-state index in [4.69, 9.17) is 6.42 Å². The molecule has 0 unspecified atom stereocenters. The number of fused-ring (bicyclic) bond motifs is 3. The van der Waals surface area contributed by atoms with E-state index in [1.807, 2.05) is 24.3 Å². The van der Waals surface area contributed by atoms with E-state index in [0.29, 0.717) is 19.5 Å². The van der Waals surface area contributed by atoms with Crippen LogP contribution in [-0.2, 0) is 0 Å². The second-order valence-corrected chi connectivity index (χ2v) is 5.41. The summed E-state index contributed by atoms with van der Waals surface area (Å²) in [5.41, 5.74) is 4.78. The molecule has 1 aliphatic rings. The SMILES string of the molecule is C#CCCN(CC1c2ccccc2-c2ccccc21)C(=O)O. The molecule has 110 valence electrons. The Morgan fingerprint density at radius 2 is 1.64 bits per heavy atom. The smallest absolute Gasteiger partial charge is 0.407 e. The van der Waals surface area contributed by atoms with Gasteiger partial charge in [-0.05, 0) is 22.3 Å². The molecule has 22 heavy (non-hydrogen) atoms. The molecular weight excluding hydrogens is 274 g/mol. The van der Waals surface area contributed by atoms with Gasteiger partial charge in [-0.15, -0.1) is 12.3 Å². The fraction of sp³-hybridized carbons (Fsp3) is 0.211. The van der Waals surface area contributed by atoms with Gasteiger partial charge in [-0.2, -0.15) is 0 Å². The van der Waals surface area contributed by atoms with Gasteiger partial charge < -0.3 is 10.0 Å². The highest BCUT2D eigenvalue weighted by atomic mass is 16.4. The average molecular weight is 291 g/mol. The fourth-order valence-electron chi connectivity index (χ4n) is 3.14. The molecule has 1 N–H and O–H groups in total. The zero-order valence-corrected chi connectivity index (χ0v) is 12.2. The molecule has 0 aliphatic heterocycles. The summed E-state index contributed by atoms with van der Waals surface area (Å²) in [6.45, 7) is 0.803. The first-order chi connectivity index (χ1) is 10.7. The van der Waals surface area contributed by atoms with Crippen molar-refractivity contribution in [3.8, 4) is 23.5 Å². The Balaban J connectivity index is 1.96. The minimum Gasteiger partial charge on any atom is -0.465 e. The van der Waals surface area contributed by atoms with Crippen molar-refractivity contribution in [1.82, 2.24) is 4.90 Å². The van der Waals surface area contributed by atoms with E-state index in [1.165, 1.54) is 27.2 Å². The Labute approximate surface area is 130 Å². The van der Waals surface area contributed by atoms with E-state index in [0.717, 1.165) is 0 Å². The van der Waals surface area contributed by atoms with Crippen LogP contribution in [-0.4, -0.2) is 29.2 Å². The Bertz CT molecular complexity index is 700. The van der Waals surface area contributed by atoms with E-state index in [2.05, 4.69) is 30.2 Å². The molecule has 0 atom stereocenters. The summed E-state index contributed by atoms with van der Waals surface area (Å²) in [5, 5.41) is 9.41. The van der Waals surface area contributed by atoms with Crippen molar-refractivity contribution >= 4 is 6.09 Å². The minimum absolute atomic E-state index is 0.0706. The maximum Gasteiger partial charge on any atom is 0.407 e. The van der Waals surface area contributed by atoms with Gasteiger partial charge in [0.2, 0.25) is 0 Å². The molecule has 0 spiro atoms. The first-order valence-corrected chi connectivity index (χ1v) is 7.32. The van der Waals surface area contributed by atoms with E-state index < -0.39 is 6.09 Å². The summed E-state index contributed by atoms with van der Waals surface area (Å²) in [4.78, 5) is 12.9. The second kappa shape index (κ2) is 5.95. The van der Waals surface area contributed by atoms with Crippen molar-refractivity contribution < 1.29 is 9.90 Å². The third-order valence-electron chi connectivity index (χ3n) is 4.16. The molecule has 0 bridgehead atoms. The normalized spacial score (nSPS) is 12.3. The summed E-state index contributed by atoms with van der Waals surface area (Å²) < 4.78 is 0. The first-order valence-electron chi connectivity index (χ1n) is 7.32. The van der Waals surface area contributed by atoms with Crippen LogP contribution in [0.25, 0.3) is 11.1 Å². The Hall–Kier alpha value is -2.73. The van der Waals surface area contributed by atoms with Crippen LogP contribution in [0.3, 0.4) is 0 Å². The molecule has 2 aromatic rings. The van der Waals surface area contributed by atoms with Gasteiger partial charge in [0.15, 0.2) is 0 Å². The molecule has 0 fully saturated rings. The Morgan fingerprint density at radius 3 is 2.14 bits per heavy atom. The molecule has 0 saturated heterocycles. The third-order valence-corrected chi connectivity index (χ3v) is 4.16. The van der Waals surface area contributed by atoms with Gasteiger partial charge in [0, 0.05) is 25.4 Å². The van der Waals surface area contributed by atoms with Crippen LogP contribution < -0.4 is 0 Å². The maximum atomic E-state index is 11.5. The number of nitrogens with zero attached hydrogens (tertiary/aromatic N) is 1. The van der Waals surface area contributed by atoms with Crippen LogP contribution >= 0.6 is 0 Å². The van der Waals surface area contributed by atoms with Gasteiger partial charge in [-0.1, -0.05) is 48.5 Å². The average Bonchev–Trinajstić information content (AvgIpc) is 2.85. The van der Waals surface area contributed by atoms with Crippen LogP contribution in [0.4, 0.5) is 4.79 Å². The summed E-state index contributed by atoms with van der Waals surface area (Å²) in [6, 6.07) is 16.4. The molecule has 1 amide bonds. The molecule has 2 aromatic carbocycles. The van der Waals surface area contributed by atoms with Crippen molar-refractivity contribution in [2.24, 2.45) is 0 Å². The minimum atomic E-state index is -0.919. The summed E-state index contributed by atoms with van der Waals surface area (Å²) >= 11 is 0. The topological polar surface area (TPSA) is 40.5 Å². The standard InChI is InChI=1S/C19H17NO2/c1-2-3-12-20(19(21)22)13-18-16-10-6-4-8-14(16)15-9-5-7-11-17(15)18/h1,4-11,18H,3,12-13H2,(H,21,22). The molecule has 3 heteroatoms. The van der Waals surface area contributed by atoms with Gasteiger partial charge in [-0.25, -0.2) is 4.79 Å². The highest BCUT2D eigenvalue weighted by Crippen LogP contribution is 2.44. The highest BCUT2D eigenvalue weighted by molar-refractivity contribution is 5.79. The number of terminal acetylenes is 1. The van der Waals surface area contributed by atoms with Gasteiger partial charge in [0.05, 0.1) is 0 Å². The molecule has 1 aliphatic carbocycles. The second-order valence-electron chi connectivity index (χ2n) is 5.41. The van der Waals surface area contributed by atoms with Crippen molar-refractivity contribution in [1.29, 1.82) is 0 Å². The first kappa shape index (κ1) is 14.2. The van der Waals surface area contributed by atoms with E-state index in [1.54, 1.807) is 0 Å². The maximum absolute atomic E-state index is 11.5. The lowest BCUT2D eigenvalue weighted by atomic mass is 9.96. The van der Waals surface area contributed by atoms with Crippen LogP contribution in [0.5, 0.6) is 0 Å². The number of hydrogen-bond acceptors (Lipinski definition) is 1. The van der Waals surface area contributed by atoms with Crippen molar-refractivity contribution in [2.75, 3.05) is 13.1 Å². The van der Waals surface area contributed by atoms with Gasteiger partial charge >= 0.3 is 6.09 Å². The van der Waals surface area contributed by atoms with Crippen LogP contribution in [0.1, 0.15) is 23.5 Å².